The number of aliphatic carboxylic acids is 1. The monoisotopic (exact) mass is 299 g/mol. The van der Waals surface area contributed by atoms with Crippen LogP contribution in [0.4, 0.5) is 8.78 Å². The van der Waals surface area contributed by atoms with E-state index in [-0.39, 0.29) is 18.4 Å². The number of hydrogen-bond acceptors (Lipinski definition) is 2. The predicted octanol–water partition coefficient (Wildman–Crippen LogP) is 2.66. The second kappa shape index (κ2) is 7.15. The molecule has 0 fully saturated rings. The average molecular weight is 299 g/mol. The van der Waals surface area contributed by atoms with Gasteiger partial charge in [0.15, 0.2) is 0 Å². The third kappa shape index (κ3) is 4.81. The van der Waals surface area contributed by atoms with Crippen LogP contribution in [0.2, 0.25) is 0 Å². The number of rotatable bonds is 7. The van der Waals surface area contributed by atoms with E-state index in [9.17, 15) is 18.4 Å². The highest BCUT2D eigenvalue weighted by Gasteiger charge is 2.31. The van der Waals surface area contributed by atoms with Crippen LogP contribution in [0.25, 0.3) is 0 Å². The van der Waals surface area contributed by atoms with Gasteiger partial charge in [0.05, 0.1) is 12.8 Å². The lowest BCUT2D eigenvalue weighted by Gasteiger charge is -2.31. The number of hydrogen-bond donors (Lipinski definition) is 2. The molecule has 0 aliphatic rings. The number of benzene rings is 1. The van der Waals surface area contributed by atoms with Gasteiger partial charge < -0.3 is 10.4 Å². The van der Waals surface area contributed by atoms with Gasteiger partial charge in [0, 0.05) is 11.6 Å². The van der Waals surface area contributed by atoms with Gasteiger partial charge in [0.25, 0.3) is 0 Å². The Morgan fingerprint density at radius 3 is 2.33 bits per heavy atom. The zero-order valence-electron chi connectivity index (χ0n) is 12.1. The van der Waals surface area contributed by atoms with Crippen molar-refractivity contribution in [1.82, 2.24) is 5.32 Å². The molecule has 1 aromatic carbocycles. The fraction of sp³-hybridized carbons (Fsp3) is 0.467. The summed E-state index contributed by atoms with van der Waals surface area (Å²) in [5.74, 6) is -2.99. The van der Waals surface area contributed by atoms with Crippen LogP contribution in [0.1, 0.15) is 38.7 Å². The van der Waals surface area contributed by atoms with E-state index in [1.54, 1.807) is 13.8 Å². The van der Waals surface area contributed by atoms with Gasteiger partial charge in [-0.1, -0.05) is 19.9 Å². The summed E-state index contributed by atoms with van der Waals surface area (Å²) in [4.78, 5) is 22.9. The molecule has 0 aliphatic heterocycles. The number of carbonyl (C=O) groups excluding carboxylic acids is 1. The number of halogens is 2. The number of carboxylic acids is 1. The molecule has 1 aromatic rings. The molecule has 4 nitrogen and oxygen atoms in total. The first kappa shape index (κ1) is 17.1. The van der Waals surface area contributed by atoms with Gasteiger partial charge in [-0.3, -0.25) is 9.59 Å². The van der Waals surface area contributed by atoms with E-state index >= 15 is 0 Å². The van der Waals surface area contributed by atoms with Crippen molar-refractivity contribution in [3.05, 3.63) is 35.4 Å². The Balaban J connectivity index is 2.80. The van der Waals surface area contributed by atoms with Gasteiger partial charge in [0.2, 0.25) is 5.91 Å². The summed E-state index contributed by atoms with van der Waals surface area (Å²) in [7, 11) is 0. The number of carbonyl (C=O) groups is 2. The molecule has 0 spiro atoms. The van der Waals surface area contributed by atoms with Crippen molar-refractivity contribution in [2.24, 2.45) is 0 Å². The van der Waals surface area contributed by atoms with Crippen LogP contribution in [-0.2, 0) is 16.0 Å². The van der Waals surface area contributed by atoms with Crippen molar-refractivity contribution in [3.63, 3.8) is 0 Å². The smallest absolute Gasteiger partial charge is 0.305 e. The molecular formula is C15H19F2NO3. The minimum absolute atomic E-state index is 0.0744. The zero-order chi connectivity index (χ0) is 16.0. The Hall–Kier alpha value is -1.98. The molecule has 2 N–H and O–H groups in total. The first-order valence-electron chi connectivity index (χ1n) is 6.78. The maximum Gasteiger partial charge on any atom is 0.305 e. The zero-order valence-corrected chi connectivity index (χ0v) is 12.1. The molecule has 0 unspecified atom stereocenters. The first-order chi connectivity index (χ1) is 9.81. The molecule has 0 bridgehead atoms. The van der Waals surface area contributed by atoms with Crippen LogP contribution >= 0.6 is 0 Å². The summed E-state index contributed by atoms with van der Waals surface area (Å²) in [6.45, 7) is 3.57. The molecule has 0 saturated heterocycles. The Morgan fingerprint density at radius 1 is 1.24 bits per heavy atom. The van der Waals surface area contributed by atoms with Gasteiger partial charge >= 0.3 is 5.97 Å². The number of nitrogens with one attached hydrogen (secondary N) is 1. The molecule has 1 rings (SSSR count). The van der Waals surface area contributed by atoms with E-state index in [1.165, 1.54) is 6.07 Å². The van der Waals surface area contributed by atoms with Gasteiger partial charge in [-0.05, 0) is 24.5 Å². The van der Waals surface area contributed by atoms with Crippen molar-refractivity contribution >= 4 is 11.9 Å². The normalized spacial score (nSPS) is 11.2. The van der Waals surface area contributed by atoms with E-state index in [0.717, 1.165) is 6.07 Å². The fourth-order valence-electron chi connectivity index (χ4n) is 2.19. The van der Waals surface area contributed by atoms with Crippen molar-refractivity contribution in [2.75, 3.05) is 0 Å². The van der Waals surface area contributed by atoms with Crippen LogP contribution in [-0.4, -0.2) is 22.5 Å². The minimum Gasteiger partial charge on any atom is -0.481 e. The number of carboxylic acid groups (broad SMARTS) is 1. The van der Waals surface area contributed by atoms with Crippen molar-refractivity contribution in [2.45, 2.75) is 45.1 Å². The maximum atomic E-state index is 13.5. The fourth-order valence-corrected chi connectivity index (χ4v) is 2.19. The molecule has 0 aliphatic carbocycles. The van der Waals surface area contributed by atoms with E-state index in [4.69, 9.17) is 5.11 Å². The Bertz CT molecular complexity index is 528. The minimum atomic E-state index is -1.01. The lowest BCUT2D eigenvalue weighted by molar-refractivity contribution is -0.139. The third-order valence-electron chi connectivity index (χ3n) is 3.61. The van der Waals surface area contributed by atoms with Crippen molar-refractivity contribution in [3.8, 4) is 0 Å². The maximum absolute atomic E-state index is 13.5. The van der Waals surface area contributed by atoms with Gasteiger partial charge in [-0.2, -0.15) is 0 Å². The Morgan fingerprint density at radius 2 is 1.86 bits per heavy atom. The molecule has 0 aromatic heterocycles. The predicted molar refractivity (Wildman–Crippen MR) is 73.8 cm³/mol. The Labute approximate surface area is 122 Å². The van der Waals surface area contributed by atoms with Crippen molar-refractivity contribution < 1.29 is 23.5 Å². The molecular weight excluding hydrogens is 280 g/mol. The van der Waals surface area contributed by atoms with Crippen LogP contribution in [0.3, 0.4) is 0 Å². The second-order valence-electron chi connectivity index (χ2n) is 5.02. The molecule has 6 heteroatoms. The average Bonchev–Trinajstić information content (AvgIpc) is 2.40. The van der Waals surface area contributed by atoms with Crippen LogP contribution in [0.15, 0.2) is 18.2 Å². The van der Waals surface area contributed by atoms with Gasteiger partial charge in [-0.15, -0.1) is 0 Å². The van der Waals surface area contributed by atoms with Crippen LogP contribution in [0.5, 0.6) is 0 Å². The molecule has 0 atom stereocenters. The van der Waals surface area contributed by atoms with E-state index in [0.29, 0.717) is 18.9 Å². The third-order valence-corrected chi connectivity index (χ3v) is 3.61. The highest BCUT2D eigenvalue weighted by Crippen LogP contribution is 2.20. The summed E-state index contributed by atoms with van der Waals surface area (Å²) in [5.41, 5.74) is -0.773. The summed E-state index contributed by atoms with van der Waals surface area (Å²) in [6.07, 6.45) is 0.450. The summed E-state index contributed by atoms with van der Waals surface area (Å²) >= 11 is 0. The van der Waals surface area contributed by atoms with Gasteiger partial charge in [-0.25, -0.2) is 8.78 Å². The quantitative estimate of drug-likeness (QED) is 0.813. The SMILES string of the molecule is CCC(CC)(CC(=O)O)NC(=O)Cc1ccc(F)cc1F. The summed E-state index contributed by atoms with van der Waals surface area (Å²) in [6, 6.07) is 3.00. The number of amides is 1. The largest absolute Gasteiger partial charge is 0.481 e. The van der Waals surface area contributed by atoms with E-state index < -0.39 is 29.0 Å². The molecule has 0 radical (unpaired) electrons. The molecule has 21 heavy (non-hydrogen) atoms. The lowest BCUT2D eigenvalue weighted by atomic mass is 9.88. The van der Waals surface area contributed by atoms with Crippen LogP contribution < -0.4 is 5.32 Å². The van der Waals surface area contributed by atoms with E-state index in [1.807, 2.05) is 0 Å². The molecule has 0 heterocycles. The van der Waals surface area contributed by atoms with E-state index in [2.05, 4.69) is 5.32 Å². The topological polar surface area (TPSA) is 66.4 Å². The molecule has 0 saturated carbocycles. The molecule has 1 amide bonds. The van der Waals surface area contributed by atoms with Gasteiger partial charge in [0.1, 0.15) is 11.6 Å². The highest BCUT2D eigenvalue weighted by atomic mass is 19.1. The second-order valence-corrected chi connectivity index (χ2v) is 5.02. The van der Waals surface area contributed by atoms with Crippen molar-refractivity contribution in [1.29, 1.82) is 0 Å². The Kier molecular flexibility index (Phi) is 5.81. The van der Waals surface area contributed by atoms with Crippen LogP contribution in [0, 0.1) is 11.6 Å². The highest BCUT2D eigenvalue weighted by molar-refractivity contribution is 5.80. The lowest BCUT2D eigenvalue weighted by Crippen LogP contribution is -2.49. The summed E-state index contributed by atoms with van der Waals surface area (Å²) in [5, 5.41) is 11.6. The standard InChI is InChI=1S/C15H19F2NO3/c1-3-15(4-2,9-14(20)21)18-13(19)7-10-5-6-11(16)8-12(10)17/h5-6,8H,3-4,7,9H2,1-2H3,(H,18,19)(H,20,21). The summed E-state index contributed by atoms with van der Waals surface area (Å²) < 4.78 is 26.3. The first-order valence-corrected chi connectivity index (χ1v) is 6.78. The molecule has 116 valence electrons.